The molecule has 1 N–H and O–H groups in total. The third-order valence-electron chi connectivity index (χ3n) is 6.13. The molecule has 0 saturated carbocycles. The molecule has 0 aliphatic carbocycles. The van der Waals surface area contributed by atoms with Crippen molar-refractivity contribution in [2.45, 2.75) is 39.7 Å². The van der Waals surface area contributed by atoms with Gasteiger partial charge in [0.2, 0.25) is 5.91 Å². The first-order valence-corrected chi connectivity index (χ1v) is 12.6. The smallest absolute Gasteiger partial charge is 0.270 e. The van der Waals surface area contributed by atoms with Gasteiger partial charge in [-0.15, -0.1) is 0 Å². The van der Waals surface area contributed by atoms with Crippen LogP contribution in [0.25, 0.3) is 5.69 Å². The van der Waals surface area contributed by atoms with Crippen molar-refractivity contribution in [3.63, 3.8) is 0 Å². The molecule has 9 heteroatoms. The van der Waals surface area contributed by atoms with Crippen LogP contribution in [0.4, 0.5) is 11.5 Å². The Morgan fingerprint density at radius 1 is 0.974 bits per heavy atom. The highest BCUT2D eigenvalue weighted by Crippen LogP contribution is 2.27. The van der Waals surface area contributed by atoms with E-state index >= 15 is 0 Å². The second-order valence-electron chi connectivity index (χ2n) is 10.4. The van der Waals surface area contributed by atoms with Gasteiger partial charge in [0.15, 0.2) is 0 Å². The van der Waals surface area contributed by atoms with Gasteiger partial charge in [0.05, 0.1) is 16.3 Å². The molecule has 3 aromatic carbocycles. The summed E-state index contributed by atoms with van der Waals surface area (Å²) < 4.78 is 1.69. The molecule has 0 bridgehead atoms. The average molecular weight is 526 g/mol. The van der Waals surface area contributed by atoms with Gasteiger partial charge in [0, 0.05) is 35.7 Å². The van der Waals surface area contributed by atoms with Crippen LogP contribution < -0.4 is 5.32 Å². The summed E-state index contributed by atoms with van der Waals surface area (Å²) in [5.74, 6) is -0.419. The first-order chi connectivity index (χ1) is 18.5. The lowest BCUT2D eigenvalue weighted by Crippen LogP contribution is -2.37. The Bertz CT molecular complexity index is 1510. The Kier molecular flexibility index (Phi) is 7.90. The summed E-state index contributed by atoms with van der Waals surface area (Å²) in [4.78, 5) is 39.0. The van der Waals surface area contributed by atoms with Gasteiger partial charge in [-0.3, -0.25) is 19.7 Å². The molecule has 1 heterocycles. The maximum absolute atomic E-state index is 13.5. The van der Waals surface area contributed by atoms with Gasteiger partial charge < -0.3 is 10.2 Å². The SMILES string of the molecule is Cc1cccc(-n2nc(C(C)(C)C)cc2NC(=O)CN(Cc2ccccc2)C(=O)c2cccc([N+](=O)[O-])c2)c1. The van der Waals surface area contributed by atoms with E-state index < -0.39 is 16.7 Å². The van der Waals surface area contributed by atoms with Crippen LogP contribution in [0.2, 0.25) is 0 Å². The second-order valence-corrected chi connectivity index (χ2v) is 10.4. The van der Waals surface area contributed by atoms with Crippen molar-refractivity contribution in [2.75, 3.05) is 11.9 Å². The molecule has 200 valence electrons. The molecule has 0 radical (unpaired) electrons. The number of non-ortho nitro benzene ring substituents is 1. The Labute approximate surface area is 227 Å². The summed E-state index contributed by atoms with van der Waals surface area (Å²) in [6.45, 7) is 8.00. The first kappa shape index (κ1) is 27.3. The Hall–Kier alpha value is -4.79. The van der Waals surface area contributed by atoms with Crippen LogP contribution in [-0.2, 0) is 16.8 Å². The van der Waals surface area contributed by atoms with Gasteiger partial charge in [-0.1, -0.05) is 69.3 Å². The molecule has 4 aromatic rings. The summed E-state index contributed by atoms with van der Waals surface area (Å²) in [5, 5.41) is 19.0. The second kappa shape index (κ2) is 11.3. The van der Waals surface area contributed by atoms with Crippen molar-refractivity contribution >= 4 is 23.3 Å². The lowest BCUT2D eigenvalue weighted by molar-refractivity contribution is -0.384. The van der Waals surface area contributed by atoms with E-state index in [0.29, 0.717) is 5.82 Å². The number of aryl methyl sites for hydroxylation is 1. The van der Waals surface area contributed by atoms with Crippen LogP contribution in [0, 0.1) is 17.0 Å². The number of hydrogen-bond donors (Lipinski definition) is 1. The number of anilines is 1. The van der Waals surface area contributed by atoms with Crippen molar-refractivity contribution in [3.8, 4) is 5.69 Å². The van der Waals surface area contributed by atoms with Crippen molar-refractivity contribution in [2.24, 2.45) is 0 Å². The summed E-state index contributed by atoms with van der Waals surface area (Å²) in [7, 11) is 0. The number of rotatable bonds is 8. The quantitative estimate of drug-likeness (QED) is 0.235. The summed E-state index contributed by atoms with van der Waals surface area (Å²) in [6, 6.07) is 24.4. The molecule has 39 heavy (non-hydrogen) atoms. The molecular weight excluding hydrogens is 494 g/mol. The molecule has 0 aliphatic rings. The normalized spacial score (nSPS) is 11.2. The largest absolute Gasteiger partial charge is 0.325 e. The number of carbonyl (C=O) groups is 2. The number of aromatic nitrogens is 2. The van der Waals surface area contributed by atoms with Crippen LogP contribution >= 0.6 is 0 Å². The van der Waals surface area contributed by atoms with E-state index in [-0.39, 0.29) is 29.8 Å². The number of hydrogen-bond acceptors (Lipinski definition) is 5. The summed E-state index contributed by atoms with van der Waals surface area (Å²) in [5.41, 5.74) is 3.15. The zero-order valence-electron chi connectivity index (χ0n) is 22.4. The van der Waals surface area contributed by atoms with Crippen LogP contribution in [-0.4, -0.2) is 38.0 Å². The maximum atomic E-state index is 13.5. The molecule has 2 amide bonds. The number of nitro groups is 1. The third-order valence-corrected chi connectivity index (χ3v) is 6.13. The highest BCUT2D eigenvalue weighted by Gasteiger charge is 2.24. The Morgan fingerprint density at radius 3 is 2.36 bits per heavy atom. The molecule has 0 unspecified atom stereocenters. The predicted octanol–water partition coefficient (Wildman–Crippen LogP) is 5.67. The number of nitro benzene ring substituents is 1. The van der Waals surface area contributed by atoms with E-state index in [1.54, 1.807) is 4.68 Å². The molecule has 0 atom stereocenters. The van der Waals surface area contributed by atoms with Gasteiger partial charge in [-0.2, -0.15) is 5.10 Å². The van der Waals surface area contributed by atoms with Gasteiger partial charge in [-0.25, -0.2) is 4.68 Å². The first-order valence-electron chi connectivity index (χ1n) is 12.6. The van der Waals surface area contributed by atoms with E-state index in [2.05, 4.69) is 5.32 Å². The van der Waals surface area contributed by atoms with Crippen LogP contribution in [0.1, 0.15) is 48.0 Å². The fraction of sp³-hybridized carbons (Fsp3) is 0.233. The van der Waals surface area contributed by atoms with E-state index in [9.17, 15) is 19.7 Å². The topological polar surface area (TPSA) is 110 Å². The van der Waals surface area contributed by atoms with Crippen molar-refractivity contribution in [1.82, 2.24) is 14.7 Å². The number of nitrogens with zero attached hydrogens (tertiary/aromatic N) is 4. The van der Waals surface area contributed by atoms with Crippen molar-refractivity contribution < 1.29 is 14.5 Å². The predicted molar refractivity (Wildman–Crippen MR) is 150 cm³/mol. The fourth-order valence-corrected chi connectivity index (χ4v) is 4.09. The van der Waals surface area contributed by atoms with Gasteiger partial charge in [-0.05, 0) is 36.2 Å². The van der Waals surface area contributed by atoms with E-state index in [0.717, 1.165) is 22.5 Å². The van der Waals surface area contributed by atoms with Gasteiger partial charge in [0.25, 0.3) is 11.6 Å². The lowest BCUT2D eigenvalue weighted by atomic mass is 9.92. The minimum absolute atomic E-state index is 0.132. The zero-order chi connectivity index (χ0) is 28.2. The number of nitrogens with one attached hydrogen (secondary N) is 1. The van der Waals surface area contributed by atoms with Crippen molar-refractivity contribution in [1.29, 1.82) is 0 Å². The van der Waals surface area contributed by atoms with Gasteiger partial charge >= 0.3 is 0 Å². The molecule has 0 fully saturated rings. The molecule has 0 aliphatic heterocycles. The van der Waals surface area contributed by atoms with Crippen LogP contribution in [0.3, 0.4) is 0 Å². The third kappa shape index (κ3) is 6.75. The maximum Gasteiger partial charge on any atom is 0.270 e. The molecule has 4 rings (SSSR count). The number of amides is 2. The van der Waals surface area contributed by atoms with Crippen molar-refractivity contribution in [3.05, 3.63) is 117 Å². The molecular formula is C30H31N5O4. The monoisotopic (exact) mass is 525 g/mol. The highest BCUT2D eigenvalue weighted by molar-refractivity contribution is 5.99. The molecule has 1 aromatic heterocycles. The fourth-order valence-electron chi connectivity index (χ4n) is 4.09. The number of carbonyl (C=O) groups excluding carboxylic acids is 2. The summed E-state index contributed by atoms with van der Waals surface area (Å²) >= 11 is 0. The molecule has 0 saturated heterocycles. The average Bonchev–Trinajstić information content (AvgIpc) is 3.33. The minimum Gasteiger partial charge on any atom is -0.325 e. The van der Waals surface area contributed by atoms with Crippen LogP contribution in [0.15, 0.2) is 84.9 Å². The minimum atomic E-state index is -0.551. The van der Waals surface area contributed by atoms with E-state index in [1.807, 2.05) is 88.4 Å². The van der Waals surface area contributed by atoms with E-state index in [1.165, 1.54) is 29.2 Å². The molecule has 9 nitrogen and oxygen atoms in total. The zero-order valence-corrected chi connectivity index (χ0v) is 22.4. The molecule has 0 spiro atoms. The standard InChI is InChI=1S/C30H31N5O4/c1-21-10-8-14-24(16-21)34-27(18-26(32-34)30(2,3)4)31-28(36)20-33(19-22-11-6-5-7-12-22)29(37)23-13-9-15-25(17-23)35(38)39/h5-18H,19-20H2,1-4H3,(H,31,36). The Morgan fingerprint density at radius 2 is 1.69 bits per heavy atom. The summed E-state index contributed by atoms with van der Waals surface area (Å²) in [6.07, 6.45) is 0. The van der Waals surface area contributed by atoms with Crippen LogP contribution in [0.5, 0.6) is 0 Å². The van der Waals surface area contributed by atoms with E-state index in [4.69, 9.17) is 5.10 Å². The highest BCUT2D eigenvalue weighted by atomic mass is 16.6. The van der Waals surface area contributed by atoms with Gasteiger partial charge in [0.1, 0.15) is 12.4 Å². The lowest BCUT2D eigenvalue weighted by Gasteiger charge is -2.22. The Balaban J connectivity index is 1.64. The number of benzene rings is 3.